The number of carbonyl (C=O) groups excluding carboxylic acids is 1. The molecule has 1 aromatic heterocycles. The first kappa shape index (κ1) is 14.0. The molecular weight excluding hydrogens is 236 g/mol. The number of ether oxygens (including phenoxy) is 1. The molecular formula is C12H20N2O2S. The third kappa shape index (κ3) is 4.34. The predicted molar refractivity (Wildman–Crippen MR) is 72.4 cm³/mol. The molecule has 0 radical (unpaired) electrons. The van der Waals surface area contributed by atoms with Crippen LogP contribution in [0.4, 0.5) is 5.69 Å². The summed E-state index contributed by atoms with van der Waals surface area (Å²) >= 11 is 1.75. The van der Waals surface area contributed by atoms with E-state index in [1.807, 2.05) is 10.8 Å². The van der Waals surface area contributed by atoms with Crippen molar-refractivity contribution in [2.75, 3.05) is 24.3 Å². The van der Waals surface area contributed by atoms with Gasteiger partial charge in [-0.25, -0.2) is 4.79 Å². The van der Waals surface area contributed by atoms with Crippen LogP contribution in [0.25, 0.3) is 0 Å². The average molecular weight is 256 g/mol. The number of rotatable bonds is 7. The zero-order chi connectivity index (χ0) is 12.7. The standard InChI is InChI=1S/C12H20N2O2S/c1-3-5-14-9-10(13)8-11(14)12(15)16-6-4-7-17-2/h8-9H,3-7,13H2,1-2H3. The normalized spacial score (nSPS) is 10.5. The molecule has 0 saturated heterocycles. The van der Waals surface area contributed by atoms with E-state index in [9.17, 15) is 4.79 Å². The first-order valence-corrected chi connectivity index (χ1v) is 7.20. The molecule has 1 heterocycles. The summed E-state index contributed by atoms with van der Waals surface area (Å²) in [7, 11) is 0. The van der Waals surface area contributed by atoms with Gasteiger partial charge in [0.2, 0.25) is 0 Å². The highest BCUT2D eigenvalue weighted by Crippen LogP contribution is 2.13. The second-order valence-electron chi connectivity index (χ2n) is 3.83. The minimum absolute atomic E-state index is 0.281. The molecule has 0 amide bonds. The third-order valence-electron chi connectivity index (χ3n) is 2.32. The van der Waals surface area contributed by atoms with Crippen molar-refractivity contribution in [2.24, 2.45) is 0 Å². The summed E-state index contributed by atoms with van der Waals surface area (Å²) < 4.78 is 7.06. The molecule has 2 N–H and O–H groups in total. The topological polar surface area (TPSA) is 57.2 Å². The Kier molecular flexibility index (Phi) is 5.97. The van der Waals surface area contributed by atoms with Gasteiger partial charge >= 0.3 is 5.97 Å². The Hall–Kier alpha value is -1.10. The van der Waals surface area contributed by atoms with E-state index in [1.54, 1.807) is 24.0 Å². The van der Waals surface area contributed by atoms with E-state index in [-0.39, 0.29) is 5.97 Å². The maximum atomic E-state index is 11.8. The van der Waals surface area contributed by atoms with Crippen LogP contribution in [0, 0.1) is 0 Å². The van der Waals surface area contributed by atoms with Gasteiger partial charge in [-0.3, -0.25) is 0 Å². The van der Waals surface area contributed by atoms with Gasteiger partial charge in [0, 0.05) is 12.7 Å². The lowest BCUT2D eigenvalue weighted by Crippen LogP contribution is -2.12. The second-order valence-corrected chi connectivity index (χ2v) is 4.82. The Labute approximate surface area is 107 Å². The quantitative estimate of drug-likeness (QED) is 0.601. The number of hydrogen-bond donors (Lipinski definition) is 1. The smallest absolute Gasteiger partial charge is 0.355 e. The molecule has 0 aliphatic rings. The Morgan fingerprint density at radius 1 is 1.59 bits per heavy atom. The van der Waals surface area contributed by atoms with Gasteiger partial charge in [0.15, 0.2) is 0 Å². The zero-order valence-electron chi connectivity index (χ0n) is 10.4. The van der Waals surface area contributed by atoms with Crippen molar-refractivity contribution in [3.8, 4) is 0 Å². The van der Waals surface area contributed by atoms with Gasteiger partial charge in [0.05, 0.1) is 12.3 Å². The maximum absolute atomic E-state index is 11.8. The van der Waals surface area contributed by atoms with Crippen LogP contribution in [0.5, 0.6) is 0 Å². The molecule has 0 unspecified atom stereocenters. The molecule has 96 valence electrons. The number of esters is 1. The molecule has 0 saturated carbocycles. The number of carbonyl (C=O) groups is 1. The van der Waals surface area contributed by atoms with Crippen molar-refractivity contribution in [2.45, 2.75) is 26.3 Å². The number of nitrogen functional groups attached to an aromatic ring is 1. The number of thioether (sulfide) groups is 1. The first-order valence-electron chi connectivity index (χ1n) is 5.80. The summed E-state index contributed by atoms with van der Waals surface area (Å²) in [6.07, 6.45) is 5.66. The average Bonchev–Trinajstić information content (AvgIpc) is 2.66. The highest BCUT2D eigenvalue weighted by Gasteiger charge is 2.13. The van der Waals surface area contributed by atoms with Crippen LogP contribution in [-0.4, -0.2) is 29.2 Å². The maximum Gasteiger partial charge on any atom is 0.355 e. The zero-order valence-corrected chi connectivity index (χ0v) is 11.3. The fourth-order valence-corrected chi connectivity index (χ4v) is 1.98. The van der Waals surface area contributed by atoms with Gasteiger partial charge in [0.25, 0.3) is 0 Å². The molecule has 1 rings (SSSR count). The van der Waals surface area contributed by atoms with E-state index in [0.29, 0.717) is 18.0 Å². The van der Waals surface area contributed by atoms with Crippen LogP contribution >= 0.6 is 11.8 Å². The van der Waals surface area contributed by atoms with Crippen molar-refractivity contribution in [1.29, 1.82) is 0 Å². The van der Waals surface area contributed by atoms with Crippen LogP contribution in [0.1, 0.15) is 30.3 Å². The summed E-state index contributed by atoms with van der Waals surface area (Å²) in [6, 6.07) is 1.67. The lowest BCUT2D eigenvalue weighted by molar-refractivity contribution is 0.0493. The van der Waals surface area contributed by atoms with Gasteiger partial charge in [-0.15, -0.1) is 0 Å². The van der Waals surface area contributed by atoms with Crippen molar-refractivity contribution >= 4 is 23.4 Å². The van der Waals surface area contributed by atoms with Crippen molar-refractivity contribution in [3.63, 3.8) is 0 Å². The molecule has 0 spiro atoms. The molecule has 17 heavy (non-hydrogen) atoms. The van der Waals surface area contributed by atoms with Gasteiger partial charge < -0.3 is 15.0 Å². The first-order chi connectivity index (χ1) is 8.19. The van der Waals surface area contributed by atoms with Crippen molar-refractivity contribution in [3.05, 3.63) is 18.0 Å². The SMILES string of the molecule is CCCn1cc(N)cc1C(=O)OCCCSC. The van der Waals surface area contributed by atoms with Gasteiger partial charge in [0.1, 0.15) is 5.69 Å². The van der Waals surface area contributed by atoms with E-state index in [1.165, 1.54) is 0 Å². The number of aryl methyl sites for hydroxylation is 1. The Morgan fingerprint density at radius 3 is 3.00 bits per heavy atom. The molecule has 4 nitrogen and oxygen atoms in total. The second kappa shape index (κ2) is 7.27. The highest BCUT2D eigenvalue weighted by molar-refractivity contribution is 7.98. The molecule has 0 aliphatic heterocycles. The fourth-order valence-electron chi connectivity index (χ4n) is 1.57. The van der Waals surface area contributed by atoms with Crippen LogP contribution in [-0.2, 0) is 11.3 Å². The summed E-state index contributed by atoms with van der Waals surface area (Å²) in [5, 5.41) is 0. The summed E-state index contributed by atoms with van der Waals surface area (Å²) in [4.78, 5) is 11.8. The van der Waals surface area contributed by atoms with Crippen LogP contribution in [0.3, 0.4) is 0 Å². The number of hydrogen-bond acceptors (Lipinski definition) is 4. The minimum atomic E-state index is -0.281. The van der Waals surface area contributed by atoms with Crippen molar-refractivity contribution < 1.29 is 9.53 Å². The number of nitrogens with two attached hydrogens (primary N) is 1. The molecule has 1 aromatic rings. The summed E-state index contributed by atoms with van der Waals surface area (Å²) in [6.45, 7) is 3.31. The van der Waals surface area contributed by atoms with Crippen LogP contribution in [0.2, 0.25) is 0 Å². The van der Waals surface area contributed by atoms with E-state index < -0.39 is 0 Å². The van der Waals surface area contributed by atoms with Crippen LogP contribution < -0.4 is 5.73 Å². The largest absolute Gasteiger partial charge is 0.461 e. The van der Waals surface area contributed by atoms with E-state index in [0.717, 1.165) is 25.1 Å². The fraction of sp³-hybridized carbons (Fsp3) is 0.583. The molecule has 5 heteroatoms. The molecule has 0 bridgehead atoms. The highest BCUT2D eigenvalue weighted by atomic mass is 32.2. The lowest BCUT2D eigenvalue weighted by atomic mass is 10.4. The monoisotopic (exact) mass is 256 g/mol. The Balaban J connectivity index is 2.55. The minimum Gasteiger partial charge on any atom is -0.461 e. The van der Waals surface area contributed by atoms with Gasteiger partial charge in [-0.2, -0.15) is 11.8 Å². The summed E-state index contributed by atoms with van der Waals surface area (Å²) in [5.41, 5.74) is 6.85. The Bertz CT molecular complexity index is 363. The number of aromatic nitrogens is 1. The predicted octanol–water partition coefficient (Wildman–Crippen LogP) is 2.39. The number of anilines is 1. The molecule has 0 fully saturated rings. The van der Waals surface area contributed by atoms with Crippen molar-refractivity contribution in [1.82, 2.24) is 4.57 Å². The lowest BCUT2D eigenvalue weighted by Gasteiger charge is -2.07. The summed E-state index contributed by atoms with van der Waals surface area (Å²) in [5.74, 6) is 0.724. The molecule has 0 atom stereocenters. The van der Waals surface area contributed by atoms with Gasteiger partial charge in [-0.1, -0.05) is 6.92 Å². The molecule has 0 aliphatic carbocycles. The van der Waals surface area contributed by atoms with Gasteiger partial charge in [-0.05, 0) is 30.9 Å². The van der Waals surface area contributed by atoms with E-state index in [2.05, 4.69) is 6.92 Å². The molecule has 0 aromatic carbocycles. The van der Waals surface area contributed by atoms with Crippen LogP contribution in [0.15, 0.2) is 12.3 Å². The number of nitrogens with zero attached hydrogens (tertiary/aromatic N) is 1. The Morgan fingerprint density at radius 2 is 2.35 bits per heavy atom. The van der Waals surface area contributed by atoms with E-state index >= 15 is 0 Å². The van der Waals surface area contributed by atoms with E-state index in [4.69, 9.17) is 10.5 Å². The third-order valence-corrected chi connectivity index (χ3v) is 3.01.